The van der Waals surface area contributed by atoms with Crippen LogP contribution in [0.15, 0.2) is 327 Å². The molecule has 0 atom stereocenters. The molecule has 0 bridgehead atoms. The van der Waals surface area contributed by atoms with Crippen molar-refractivity contribution in [3.05, 3.63) is 405 Å². The Labute approximate surface area is 490 Å². The summed E-state index contributed by atoms with van der Waals surface area (Å²) in [6.07, 6.45) is 5.25. The fraction of sp³-hybridized carbons (Fsp3) is 0.0476. The molecule has 8 aliphatic carbocycles. The average Bonchev–Trinajstić information content (AvgIpc) is 1.53. The van der Waals surface area contributed by atoms with Gasteiger partial charge in [0.05, 0.1) is 21.7 Å². The summed E-state index contributed by atoms with van der Waals surface area (Å²) in [7, 11) is 0. The first kappa shape index (κ1) is 46.2. The SMILES string of the molecule is C1=C(c2ccccc2)C2=C(c3ccccc3C23c2ccccc2-c2ccccc23)C12c1ccccc1-c1ccccc12.C1=C(c2ccccc2)C2=C(c3ccccc3C23c2ccccc2-c2ccccc23)C12c1ccccc1-c1ccccc12. The van der Waals surface area contributed by atoms with Crippen LogP contribution in [0.3, 0.4) is 0 Å². The molecular weight excluding hydrogens is 1010 g/mol. The predicted molar refractivity (Wildman–Crippen MR) is 344 cm³/mol. The van der Waals surface area contributed by atoms with E-state index in [1.54, 1.807) is 0 Å². The van der Waals surface area contributed by atoms with E-state index in [1.807, 2.05) is 0 Å². The van der Waals surface area contributed by atoms with E-state index in [2.05, 4.69) is 315 Å². The number of hydrogen-bond donors (Lipinski definition) is 0. The zero-order chi connectivity index (χ0) is 54.9. The molecule has 20 rings (SSSR count). The lowest BCUT2D eigenvalue weighted by atomic mass is 9.67. The minimum Gasteiger partial charge on any atom is -0.0622 e. The minimum atomic E-state index is -0.392. The Balaban J connectivity index is 0.000000124. The smallest absolute Gasteiger partial charge is 0.0622 e. The Morgan fingerprint density at radius 2 is 0.345 bits per heavy atom. The zero-order valence-electron chi connectivity index (χ0n) is 46.0. The van der Waals surface area contributed by atoms with Crippen molar-refractivity contribution in [1.29, 1.82) is 0 Å². The quantitative estimate of drug-likeness (QED) is 0.162. The number of hydrogen-bond acceptors (Lipinski definition) is 0. The summed E-state index contributed by atoms with van der Waals surface area (Å²) < 4.78 is 0. The lowest BCUT2D eigenvalue weighted by Gasteiger charge is -2.33. The van der Waals surface area contributed by atoms with E-state index >= 15 is 0 Å². The van der Waals surface area contributed by atoms with Crippen molar-refractivity contribution < 1.29 is 0 Å². The summed E-state index contributed by atoms with van der Waals surface area (Å²) in [4.78, 5) is 0. The van der Waals surface area contributed by atoms with Crippen molar-refractivity contribution in [2.45, 2.75) is 21.7 Å². The van der Waals surface area contributed by atoms with Crippen LogP contribution >= 0.6 is 0 Å². The molecule has 0 aliphatic heterocycles. The molecule has 0 amide bonds. The first-order chi connectivity index (χ1) is 41.7. The molecule has 8 aliphatic rings. The molecule has 4 spiro atoms. The molecule has 84 heavy (non-hydrogen) atoms. The van der Waals surface area contributed by atoms with Gasteiger partial charge in [0, 0.05) is 0 Å². The Morgan fingerprint density at radius 1 is 0.155 bits per heavy atom. The van der Waals surface area contributed by atoms with Gasteiger partial charge in [-0.15, -0.1) is 0 Å². The van der Waals surface area contributed by atoms with Crippen molar-refractivity contribution >= 4 is 22.3 Å². The largest absolute Gasteiger partial charge is 0.0728 e. The molecule has 0 unspecified atom stereocenters. The van der Waals surface area contributed by atoms with Gasteiger partial charge in [-0.3, -0.25) is 0 Å². The topological polar surface area (TPSA) is 0 Å². The molecule has 12 aromatic carbocycles. The highest BCUT2D eigenvalue weighted by Crippen LogP contribution is 2.75. The summed E-state index contributed by atoms with van der Waals surface area (Å²) >= 11 is 0. The monoisotopic (exact) mass is 1060 g/mol. The second-order valence-corrected chi connectivity index (χ2v) is 23.9. The third-order valence-electron chi connectivity index (χ3n) is 20.6. The molecule has 0 N–H and O–H groups in total. The van der Waals surface area contributed by atoms with Gasteiger partial charge in [-0.2, -0.15) is 0 Å². The van der Waals surface area contributed by atoms with E-state index in [4.69, 9.17) is 0 Å². The van der Waals surface area contributed by atoms with Crippen molar-refractivity contribution in [3.8, 4) is 44.5 Å². The third kappa shape index (κ3) is 5.38. The highest BCUT2D eigenvalue weighted by atomic mass is 14.6. The Morgan fingerprint density at radius 3 is 0.607 bits per heavy atom. The molecular formula is C84H52. The lowest BCUT2D eigenvalue weighted by molar-refractivity contribution is 0.791. The van der Waals surface area contributed by atoms with E-state index in [0.717, 1.165) is 0 Å². The normalized spacial score (nSPS) is 17.0. The van der Waals surface area contributed by atoms with Crippen LogP contribution in [0.25, 0.3) is 66.8 Å². The van der Waals surface area contributed by atoms with Gasteiger partial charge in [0.25, 0.3) is 0 Å². The molecule has 12 aromatic rings. The standard InChI is InChI=1S/2C42H26/c2*1-2-14-27(15-3-1)33-26-41(34-21-9-4-16-28(34)29-17-5-10-22-35(29)41)39-32-20-8-13-25-38(32)42(40(33)39)36-23-11-6-18-30(36)31-19-7-12-24-37(31)42/h2*1-26H. The summed E-state index contributed by atoms with van der Waals surface area (Å²) in [5.74, 6) is 0. The molecule has 0 nitrogen and oxygen atoms in total. The van der Waals surface area contributed by atoms with E-state index in [-0.39, 0.29) is 10.8 Å². The van der Waals surface area contributed by atoms with Crippen LogP contribution in [0.5, 0.6) is 0 Å². The summed E-state index contributed by atoms with van der Waals surface area (Å²) in [5.41, 5.74) is 36.9. The van der Waals surface area contributed by atoms with Crippen molar-refractivity contribution in [2.75, 3.05) is 0 Å². The van der Waals surface area contributed by atoms with Gasteiger partial charge in [-0.1, -0.05) is 315 Å². The third-order valence-corrected chi connectivity index (χ3v) is 20.6. The molecule has 0 heteroatoms. The van der Waals surface area contributed by atoms with Gasteiger partial charge < -0.3 is 0 Å². The van der Waals surface area contributed by atoms with Gasteiger partial charge in [0.15, 0.2) is 0 Å². The Hall–Kier alpha value is -10.4. The van der Waals surface area contributed by atoms with Crippen LogP contribution in [0.1, 0.15) is 77.9 Å². The van der Waals surface area contributed by atoms with Crippen molar-refractivity contribution in [1.82, 2.24) is 0 Å². The maximum atomic E-state index is 2.62. The molecule has 0 heterocycles. The highest BCUT2D eigenvalue weighted by molar-refractivity contribution is 6.16. The van der Waals surface area contributed by atoms with Crippen LogP contribution in [-0.4, -0.2) is 0 Å². The van der Waals surface area contributed by atoms with E-state index in [0.29, 0.717) is 0 Å². The molecule has 0 aromatic heterocycles. The fourth-order valence-electron chi connectivity index (χ4n) is 17.9. The van der Waals surface area contributed by atoms with Crippen LogP contribution in [0.2, 0.25) is 0 Å². The molecule has 388 valence electrons. The maximum Gasteiger partial charge on any atom is 0.0728 e. The van der Waals surface area contributed by atoms with Crippen LogP contribution < -0.4 is 0 Å². The van der Waals surface area contributed by atoms with Crippen molar-refractivity contribution in [3.63, 3.8) is 0 Å². The molecule has 0 saturated heterocycles. The molecule has 0 fully saturated rings. The maximum absolute atomic E-state index is 2.62. The summed E-state index contributed by atoms with van der Waals surface area (Å²) in [6, 6.07) is 114. The second kappa shape index (κ2) is 16.6. The molecule has 0 saturated carbocycles. The number of benzene rings is 12. The zero-order valence-corrected chi connectivity index (χ0v) is 46.0. The van der Waals surface area contributed by atoms with Gasteiger partial charge >= 0.3 is 0 Å². The van der Waals surface area contributed by atoms with Gasteiger partial charge in [0.2, 0.25) is 0 Å². The Kier molecular flexibility index (Phi) is 9.15. The second-order valence-electron chi connectivity index (χ2n) is 23.9. The first-order valence-electron chi connectivity index (χ1n) is 29.7. The van der Waals surface area contributed by atoms with Gasteiger partial charge in [-0.05, 0) is 156 Å². The van der Waals surface area contributed by atoms with Gasteiger partial charge in [-0.25, -0.2) is 0 Å². The first-order valence-corrected chi connectivity index (χ1v) is 29.7. The van der Waals surface area contributed by atoms with E-state index in [9.17, 15) is 0 Å². The summed E-state index contributed by atoms with van der Waals surface area (Å²) in [6.45, 7) is 0. The van der Waals surface area contributed by atoms with Gasteiger partial charge in [0.1, 0.15) is 0 Å². The lowest BCUT2D eigenvalue weighted by Crippen LogP contribution is -2.27. The van der Waals surface area contributed by atoms with E-state index < -0.39 is 10.8 Å². The Bertz CT molecular complexity index is 4510. The minimum absolute atomic E-state index is 0.375. The number of rotatable bonds is 2. The fourth-order valence-corrected chi connectivity index (χ4v) is 17.9. The van der Waals surface area contributed by atoms with Crippen LogP contribution in [0, 0.1) is 0 Å². The van der Waals surface area contributed by atoms with Crippen molar-refractivity contribution in [2.24, 2.45) is 0 Å². The molecule has 0 radical (unpaired) electrons. The predicted octanol–water partition coefficient (Wildman–Crippen LogP) is 19.7. The van der Waals surface area contributed by atoms with E-state index in [1.165, 1.54) is 156 Å². The highest BCUT2D eigenvalue weighted by Gasteiger charge is 2.63. The average molecular weight is 1060 g/mol. The number of allylic oxidation sites excluding steroid dienone is 8. The summed E-state index contributed by atoms with van der Waals surface area (Å²) in [5, 5.41) is 0. The van der Waals surface area contributed by atoms with Crippen LogP contribution in [-0.2, 0) is 21.7 Å². The number of fused-ring (bicyclic) bond motifs is 30. The van der Waals surface area contributed by atoms with Crippen LogP contribution in [0.4, 0.5) is 0 Å².